The number of nitrogens with zero attached hydrogens (tertiary/aromatic N) is 2. The van der Waals surface area contributed by atoms with E-state index in [1.807, 2.05) is 19.9 Å². The molecule has 0 saturated heterocycles. The van der Waals surface area contributed by atoms with Gasteiger partial charge in [-0.2, -0.15) is 0 Å². The molecule has 0 aliphatic carbocycles. The van der Waals surface area contributed by atoms with Crippen molar-refractivity contribution < 1.29 is 27.9 Å². The number of aromatic nitrogens is 1. The summed E-state index contributed by atoms with van der Waals surface area (Å²) in [5.41, 5.74) is 1.58. The highest BCUT2D eigenvalue weighted by Gasteiger charge is 2.44. The Kier molecular flexibility index (Phi) is 11.0. The molecule has 1 aliphatic rings. The number of alkyl carbamates (subject to hydrolysis) is 1. The topological polar surface area (TPSA) is 110 Å². The van der Waals surface area contributed by atoms with Crippen LogP contribution in [0.1, 0.15) is 85.1 Å². The lowest BCUT2D eigenvalue weighted by molar-refractivity contribution is -0.122. The number of hydrogen-bond donors (Lipinski definition) is 2. The van der Waals surface area contributed by atoms with Crippen LogP contribution in [-0.2, 0) is 26.2 Å². The monoisotopic (exact) mass is 652 g/mol. The molecule has 0 spiro atoms. The van der Waals surface area contributed by atoms with Gasteiger partial charge in [0, 0.05) is 30.4 Å². The number of hydrogen-bond acceptors (Lipinski definition) is 6. The third-order valence-electron chi connectivity index (χ3n) is 8.30. The van der Waals surface area contributed by atoms with Gasteiger partial charge in [0.1, 0.15) is 17.5 Å². The quantitative estimate of drug-likeness (QED) is 0.232. The Hall–Kier alpha value is -3.91. The molecule has 2 heterocycles. The van der Waals surface area contributed by atoms with E-state index < -0.39 is 37.4 Å². The summed E-state index contributed by atoms with van der Waals surface area (Å²) in [7, 11) is -2.32. The molecule has 2 aromatic rings. The van der Waals surface area contributed by atoms with E-state index in [4.69, 9.17) is 20.6 Å². The molecular weight excluding hydrogens is 603 g/mol. The summed E-state index contributed by atoms with van der Waals surface area (Å²) in [6, 6.07) is 7.13. The zero-order chi connectivity index (χ0) is 34.7. The number of benzene rings is 1. The normalized spacial score (nSPS) is 15.0. The zero-order valence-electron chi connectivity index (χ0n) is 28.9. The highest BCUT2D eigenvalue weighted by molar-refractivity contribution is 6.74. The van der Waals surface area contributed by atoms with Gasteiger partial charge in [0.25, 0.3) is 8.32 Å². The Bertz CT molecular complexity index is 1490. The van der Waals surface area contributed by atoms with Gasteiger partial charge in [0.2, 0.25) is 17.7 Å². The van der Waals surface area contributed by atoms with Crippen molar-refractivity contribution in [3.63, 3.8) is 0 Å². The lowest BCUT2D eigenvalue weighted by atomic mass is 9.91. The molecule has 9 nitrogen and oxygen atoms in total. The minimum absolute atomic E-state index is 0.0309. The van der Waals surface area contributed by atoms with Crippen LogP contribution in [0, 0.1) is 18.2 Å². The maximum atomic E-state index is 14.3. The molecule has 0 saturated carbocycles. The molecule has 3 amide bonds. The third-order valence-corrected chi connectivity index (χ3v) is 12.6. The van der Waals surface area contributed by atoms with Crippen molar-refractivity contribution in [3.8, 4) is 18.2 Å². The molecule has 1 aromatic heterocycles. The fourth-order valence-electron chi connectivity index (χ4n) is 4.82. The number of pyridine rings is 1. The molecule has 1 aliphatic heterocycles. The lowest BCUT2D eigenvalue weighted by Crippen LogP contribution is -2.50. The first-order valence-electron chi connectivity index (χ1n) is 15.6. The Morgan fingerprint density at radius 1 is 1.13 bits per heavy atom. The molecular formula is C35H49FN4O5Si. The van der Waals surface area contributed by atoms with E-state index in [-0.39, 0.29) is 36.1 Å². The maximum Gasteiger partial charge on any atom is 0.408 e. The lowest BCUT2D eigenvalue weighted by Gasteiger charge is -2.36. The van der Waals surface area contributed by atoms with Crippen molar-refractivity contribution in [2.24, 2.45) is 0 Å². The van der Waals surface area contributed by atoms with Gasteiger partial charge in [-0.1, -0.05) is 52.7 Å². The zero-order valence-corrected chi connectivity index (χ0v) is 29.9. The maximum absolute atomic E-state index is 14.3. The van der Waals surface area contributed by atoms with Crippen molar-refractivity contribution in [1.29, 1.82) is 0 Å². The van der Waals surface area contributed by atoms with Gasteiger partial charge in [-0.25, -0.2) is 14.2 Å². The fraction of sp³-hybridized carbons (Fsp3) is 0.543. The highest BCUT2D eigenvalue weighted by Crippen LogP contribution is 2.44. The Morgan fingerprint density at radius 3 is 2.33 bits per heavy atom. The molecule has 250 valence electrons. The van der Waals surface area contributed by atoms with Crippen LogP contribution in [0.3, 0.4) is 0 Å². The number of carbonyl (C=O) groups is 3. The summed E-state index contributed by atoms with van der Waals surface area (Å²) in [5, 5.41) is 5.20. The molecule has 3 rings (SSSR count). The summed E-state index contributed by atoms with van der Waals surface area (Å²) in [5.74, 6) is 1.80. The van der Waals surface area contributed by atoms with E-state index in [1.165, 1.54) is 12.1 Å². The third kappa shape index (κ3) is 9.31. The Morgan fingerprint density at radius 2 is 1.76 bits per heavy atom. The molecule has 1 aromatic carbocycles. The van der Waals surface area contributed by atoms with Crippen LogP contribution in [0.25, 0.3) is 0 Å². The summed E-state index contributed by atoms with van der Waals surface area (Å²) in [4.78, 5) is 46.2. The number of rotatable bonds is 10. The Labute approximate surface area is 274 Å². The molecule has 2 N–H and O–H groups in total. The van der Waals surface area contributed by atoms with E-state index in [0.29, 0.717) is 30.2 Å². The molecule has 0 bridgehead atoms. The van der Waals surface area contributed by atoms with E-state index in [1.54, 1.807) is 37.8 Å². The first-order chi connectivity index (χ1) is 21.1. The number of terminal acetylenes is 1. The number of amides is 3. The number of halogens is 1. The Balaban J connectivity index is 2.07. The van der Waals surface area contributed by atoms with Crippen molar-refractivity contribution in [2.45, 2.75) is 110 Å². The van der Waals surface area contributed by atoms with Gasteiger partial charge < -0.3 is 24.7 Å². The largest absolute Gasteiger partial charge is 0.530 e. The van der Waals surface area contributed by atoms with Gasteiger partial charge >= 0.3 is 6.09 Å². The average molecular weight is 653 g/mol. The van der Waals surface area contributed by atoms with Crippen LogP contribution in [-0.4, -0.2) is 55.9 Å². The summed E-state index contributed by atoms with van der Waals surface area (Å²) < 4.78 is 26.0. The van der Waals surface area contributed by atoms with Crippen LogP contribution in [0.4, 0.5) is 14.9 Å². The second kappa shape index (κ2) is 13.8. The first kappa shape index (κ1) is 36.6. The summed E-state index contributed by atoms with van der Waals surface area (Å²) in [6.07, 6.45) is 4.90. The van der Waals surface area contributed by atoms with E-state index in [0.717, 1.165) is 11.1 Å². The standard InChI is InChI=1S/C35H49FN4O5Si/c1-12-19-37-28(41)18-17-26(38-32(43)44-33(2,3)4)31(42)40-22-35(8,9)29-27(40)21-24(20-23-13-15-25(36)16-14-23)30(39-29)45-46(10,11)34(5,6)7/h1,13-16,21,26H,17-20,22H2,2-11H3,(H,37,41)(H,38,43)/t26-/m0/s1. The van der Waals surface area contributed by atoms with Gasteiger partial charge in [-0.3, -0.25) is 9.59 Å². The van der Waals surface area contributed by atoms with Gasteiger partial charge in [0.05, 0.1) is 17.9 Å². The molecule has 0 fully saturated rings. The van der Waals surface area contributed by atoms with Crippen molar-refractivity contribution in [3.05, 3.63) is 53.0 Å². The minimum atomic E-state index is -2.32. The van der Waals surface area contributed by atoms with Crippen molar-refractivity contribution >= 4 is 31.9 Å². The highest BCUT2D eigenvalue weighted by atomic mass is 28.4. The molecule has 0 radical (unpaired) electrons. The number of fused-ring (bicyclic) bond motifs is 1. The number of carbonyl (C=O) groups excluding carboxylic acids is 3. The van der Waals surface area contributed by atoms with E-state index >= 15 is 0 Å². The number of anilines is 1. The molecule has 1 atom stereocenters. The fourth-order valence-corrected chi connectivity index (χ4v) is 5.79. The van der Waals surface area contributed by atoms with Crippen LogP contribution in [0.2, 0.25) is 18.1 Å². The van der Waals surface area contributed by atoms with Crippen LogP contribution >= 0.6 is 0 Å². The predicted molar refractivity (Wildman–Crippen MR) is 181 cm³/mol. The smallest absolute Gasteiger partial charge is 0.408 e. The second-order valence-corrected chi connectivity index (χ2v) is 19.7. The number of ether oxygens (including phenoxy) is 1. The average Bonchev–Trinajstić information content (AvgIpc) is 3.18. The van der Waals surface area contributed by atoms with Crippen LogP contribution < -0.4 is 20.0 Å². The van der Waals surface area contributed by atoms with E-state index in [9.17, 15) is 18.8 Å². The number of nitrogens with one attached hydrogen (secondary N) is 2. The van der Waals surface area contributed by atoms with Crippen LogP contribution in [0.5, 0.6) is 5.88 Å². The van der Waals surface area contributed by atoms with Gasteiger partial charge in [-0.15, -0.1) is 6.42 Å². The molecule has 46 heavy (non-hydrogen) atoms. The summed E-state index contributed by atoms with van der Waals surface area (Å²) >= 11 is 0. The second-order valence-electron chi connectivity index (χ2n) is 15.0. The van der Waals surface area contributed by atoms with Crippen LogP contribution in [0.15, 0.2) is 30.3 Å². The SMILES string of the molecule is C#CCNC(=O)CC[C@H](NC(=O)OC(C)(C)C)C(=O)N1CC(C)(C)c2nc(O[Si](C)(C)C(C)(C)C)c(Cc3ccc(F)cc3)cc21. The summed E-state index contributed by atoms with van der Waals surface area (Å²) in [6.45, 7) is 20.3. The van der Waals surface area contributed by atoms with Gasteiger partial charge in [0.15, 0.2) is 0 Å². The van der Waals surface area contributed by atoms with Gasteiger partial charge in [-0.05, 0) is 69.1 Å². The van der Waals surface area contributed by atoms with Crippen molar-refractivity contribution in [2.75, 3.05) is 18.0 Å². The molecule has 11 heteroatoms. The van der Waals surface area contributed by atoms with E-state index in [2.05, 4.69) is 50.4 Å². The minimum Gasteiger partial charge on any atom is -0.530 e. The molecule has 0 unspecified atom stereocenters. The first-order valence-corrected chi connectivity index (χ1v) is 18.5. The predicted octanol–water partition coefficient (Wildman–Crippen LogP) is 6.24. The van der Waals surface area contributed by atoms with Crippen molar-refractivity contribution in [1.82, 2.24) is 15.6 Å².